The molecule has 3 aromatic rings. The average molecular weight is 355 g/mol. The fraction of sp³-hybridized carbons (Fsp3) is 0.292. The number of fused-ring (bicyclic) bond motifs is 1. The molecule has 0 atom stereocenters. The molecule has 1 aliphatic rings. The summed E-state index contributed by atoms with van der Waals surface area (Å²) in [5.41, 5.74) is 3.39. The van der Waals surface area contributed by atoms with Gasteiger partial charge in [-0.3, -0.25) is 0 Å². The zero-order chi connectivity index (χ0) is 18.5. The number of rotatable bonds is 5. The van der Waals surface area contributed by atoms with E-state index in [9.17, 15) is 5.26 Å². The molecule has 0 spiro atoms. The number of nitriles is 1. The van der Waals surface area contributed by atoms with Gasteiger partial charge in [-0.1, -0.05) is 54.6 Å². The molecule has 1 fully saturated rings. The highest BCUT2D eigenvalue weighted by molar-refractivity contribution is 5.97. The third kappa shape index (κ3) is 3.82. The van der Waals surface area contributed by atoms with Crippen molar-refractivity contribution in [1.29, 1.82) is 5.26 Å². The average Bonchev–Trinajstić information content (AvgIpc) is 2.74. The van der Waals surface area contributed by atoms with Crippen LogP contribution in [-0.4, -0.2) is 24.6 Å². The number of aryl methyl sites for hydroxylation is 1. The van der Waals surface area contributed by atoms with Gasteiger partial charge in [0.2, 0.25) is 0 Å². The van der Waals surface area contributed by atoms with Crippen LogP contribution in [-0.2, 0) is 6.42 Å². The number of hydrazine groups is 1. The van der Waals surface area contributed by atoms with Crippen LogP contribution in [0, 0.1) is 11.3 Å². The highest BCUT2D eigenvalue weighted by atomic mass is 15.6. The summed E-state index contributed by atoms with van der Waals surface area (Å²) in [7, 11) is 0. The van der Waals surface area contributed by atoms with Crippen molar-refractivity contribution in [2.75, 3.05) is 24.6 Å². The van der Waals surface area contributed by atoms with Crippen molar-refractivity contribution in [2.24, 2.45) is 0 Å². The van der Waals surface area contributed by atoms with Crippen LogP contribution >= 0.6 is 0 Å². The van der Waals surface area contributed by atoms with Crippen LogP contribution in [0.5, 0.6) is 0 Å². The van der Waals surface area contributed by atoms with Gasteiger partial charge in [-0.05, 0) is 43.4 Å². The van der Waals surface area contributed by atoms with E-state index in [1.807, 2.05) is 12.1 Å². The van der Waals surface area contributed by atoms with Crippen molar-refractivity contribution < 1.29 is 0 Å². The molecule has 27 heavy (non-hydrogen) atoms. The summed E-state index contributed by atoms with van der Waals surface area (Å²) in [5, 5.41) is 16.6. The minimum atomic E-state index is 0.752. The minimum Gasteiger partial charge on any atom is -0.305 e. The van der Waals surface area contributed by atoms with Crippen LogP contribution in [0.1, 0.15) is 30.4 Å². The van der Waals surface area contributed by atoms with E-state index in [1.165, 1.54) is 29.5 Å². The van der Waals surface area contributed by atoms with Gasteiger partial charge in [-0.25, -0.2) is 5.01 Å². The molecular formula is C24H25N3. The van der Waals surface area contributed by atoms with Gasteiger partial charge < -0.3 is 5.01 Å². The Morgan fingerprint density at radius 3 is 2.37 bits per heavy atom. The lowest BCUT2D eigenvalue weighted by Crippen LogP contribution is -2.48. The summed E-state index contributed by atoms with van der Waals surface area (Å²) in [5.74, 6) is 0. The molecular weight excluding hydrogens is 330 g/mol. The van der Waals surface area contributed by atoms with E-state index in [4.69, 9.17) is 0 Å². The Morgan fingerprint density at radius 2 is 1.56 bits per heavy atom. The number of hydrogen-bond acceptors (Lipinski definition) is 3. The second-order valence-electron chi connectivity index (χ2n) is 7.16. The molecule has 4 rings (SSSR count). The zero-order valence-electron chi connectivity index (χ0n) is 15.6. The fourth-order valence-corrected chi connectivity index (χ4v) is 4.04. The molecule has 1 saturated heterocycles. The van der Waals surface area contributed by atoms with Crippen molar-refractivity contribution in [3.63, 3.8) is 0 Å². The summed E-state index contributed by atoms with van der Waals surface area (Å²) < 4.78 is 0. The smallest absolute Gasteiger partial charge is 0.0998 e. The van der Waals surface area contributed by atoms with Crippen molar-refractivity contribution in [2.45, 2.75) is 25.7 Å². The quantitative estimate of drug-likeness (QED) is 0.633. The van der Waals surface area contributed by atoms with Crippen molar-refractivity contribution in [3.05, 3.63) is 77.9 Å². The Labute approximate surface area is 161 Å². The second-order valence-corrected chi connectivity index (χ2v) is 7.16. The molecule has 0 saturated carbocycles. The highest BCUT2D eigenvalue weighted by Crippen LogP contribution is 2.32. The Kier molecular flexibility index (Phi) is 5.37. The number of anilines is 1. The molecule has 136 valence electrons. The lowest BCUT2D eigenvalue weighted by Gasteiger charge is -2.41. The van der Waals surface area contributed by atoms with Gasteiger partial charge in [0.15, 0.2) is 0 Å². The maximum absolute atomic E-state index is 9.44. The van der Waals surface area contributed by atoms with Gasteiger partial charge in [0, 0.05) is 30.4 Å². The van der Waals surface area contributed by atoms with Gasteiger partial charge in [0.25, 0.3) is 0 Å². The normalized spacial score (nSPS) is 15.0. The Morgan fingerprint density at radius 1 is 0.815 bits per heavy atom. The molecule has 1 aliphatic heterocycles. The van der Waals surface area contributed by atoms with Crippen LogP contribution < -0.4 is 5.01 Å². The van der Waals surface area contributed by atoms with Gasteiger partial charge in [-0.2, -0.15) is 5.26 Å². The molecule has 3 aromatic carbocycles. The van der Waals surface area contributed by atoms with E-state index >= 15 is 0 Å². The van der Waals surface area contributed by atoms with E-state index in [2.05, 4.69) is 70.7 Å². The predicted molar refractivity (Wildman–Crippen MR) is 112 cm³/mol. The largest absolute Gasteiger partial charge is 0.305 e. The van der Waals surface area contributed by atoms with E-state index in [0.29, 0.717) is 0 Å². The molecule has 0 aromatic heterocycles. The Bertz CT molecular complexity index is 943. The predicted octanol–water partition coefficient (Wildman–Crippen LogP) is 5.16. The summed E-state index contributed by atoms with van der Waals surface area (Å²) in [6.45, 7) is 3.20. The standard InChI is InChI=1S/C24H25N3/c25-19-21-14-15-24(23-13-5-4-12-22(21)23)27-18-7-6-16-26(27)17-8-11-20-9-2-1-3-10-20/h1-5,9-10,12-15H,6-8,11,16-18H2. The van der Waals surface area contributed by atoms with Crippen LogP contribution in [0.15, 0.2) is 66.7 Å². The SMILES string of the molecule is N#Cc1ccc(N2CCCCN2CCCc2ccccc2)c2ccccc12. The molecule has 0 N–H and O–H groups in total. The first-order chi connectivity index (χ1) is 13.4. The number of benzene rings is 3. The first-order valence-electron chi connectivity index (χ1n) is 9.85. The van der Waals surface area contributed by atoms with E-state index in [-0.39, 0.29) is 0 Å². The van der Waals surface area contributed by atoms with Crippen LogP contribution in [0.2, 0.25) is 0 Å². The van der Waals surface area contributed by atoms with Crippen molar-refractivity contribution in [1.82, 2.24) is 5.01 Å². The Balaban J connectivity index is 1.56. The van der Waals surface area contributed by atoms with Crippen LogP contribution in [0.3, 0.4) is 0 Å². The third-order valence-corrected chi connectivity index (χ3v) is 5.40. The number of nitrogens with zero attached hydrogens (tertiary/aromatic N) is 3. The molecule has 3 nitrogen and oxygen atoms in total. The number of hydrogen-bond donors (Lipinski definition) is 0. The van der Waals surface area contributed by atoms with Crippen molar-refractivity contribution >= 4 is 16.5 Å². The van der Waals surface area contributed by atoms with E-state index < -0.39 is 0 Å². The summed E-state index contributed by atoms with van der Waals surface area (Å²) in [4.78, 5) is 0. The minimum absolute atomic E-state index is 0.752. The lowest BCUT2D eigenvalue weighted by atomic mass is 10.0. The van der Waals surface area contributed by atoms with Crippen LogP contribution in [0.25, 0.3) is 10.8 Å². The summed E-state index contributed by atoms with van der Waals surface area (Å²) in [6, 6.07) is 25.4. The van der Waals surface area contributed by atoms with Crippen LogP contribution in [0.4, 0.5) is 5.69 Å². The first kappa shape index (κ1) is 17.6. The second kappa shape index (κ2) is 8.24. The molecule has 0 amide bonds. The molecule has 3 heteroatoms. The third-order valence-electron chi connectivity index (χ3n) is 5.40. The van der Waals surface area contributed by atoms with Gasteiger partial charge in [0.1, 0.15) is 0 Å². The van der Waals surface area contributed by atoms with Gasteiger partial charge >= 0.3 is 0 Å². The lowest BCUT2D eigenvalue weighted by molar-refractivity contribution is 0.211. The van der Waals surface area contributed by atoms with Crippen molar-refractivity contribution in [3.8, 4) is 6.07 Å². The topological polar surface area (TPSA) is 30.3 Å². The molecule has 0 bridgehead atoms. The fourth-order valence-electron chi connectivity index (χ4n) is 4.04. The maximum Gasteiger partial charge on any atom is 0.0998 e. The molecule has 0 radical (unpaired) electrons. The zero-order valence-corrected chi connectivity index (χ0v) is 15.6. The molecule has 0 unspecified atom stereocenters. The highest BCUT2D eigenvalue weighted by Gasteiger charge is 2.22. The van der Waals surface area contributed by atoms with Gasteiger partial charge in [0.05, 0.1) is 17.3 Å². The van der Waals surface area contributed by atoms with E-state index in [1.54, 1.807) is 0 Å². The monoisotopic (exact) mass is 355 g/mol. The maximum atomic E-state index is 9.44. The molecule has 0 aliphatic carbocycles. The van der Waals surface area contributed by atoms with E-state index in [0.717, 1.165) is 43.4 Å². The molecule has 1 heterocycles. The first-order valence-corrected chi connectivity index (χ1v) is 9.85. The van der Waals surface area contributed by atoms with Gasteiger partial charge in [-0.15, -0.1) is 0 Å². The Hall–Kier alpha value is -2.83. The summed E-state index contributed by atoms with van der Waals surface area (Å²) >= 11 is 0. The summed E-state index contributed by atoms with van der Waals surface area (Å²) in [6.07, 6.45) is 4.72.